The average molecular weight is 309 g/mol. The molecule has 1 aliphatic heterocycles. The van der Waals surface area contributed by atoms with E-state index in [0.29, 0.717) is 4.90 Å². The van der Waals surface area contributed by atoms with Crippen molar-refractivity contribution in [1.82, 2.24) is 4.72 Å². The van der Waals surface area contributed by atoms with Crippen LogP contribution in [0.5, 0.6) is 5.75 Å². The third-order valence-electron chi connectivity index (χ3n) is 4.37. The van der Waals surface area contributed by atoms with Gasteiger partial charge in [-0.05, 0) is 49.4 Å². The van der Waals surface area contributed by atoms with Gasteiger partial charge in [-0.1, -0.05) is 25.7 Å². The zero-order valence-corrected chi connectivity index (χ0v) is 13.1. The number of hydrogen-bond donors (Lipinski definition) is 1. The molecule has 0 atom stereocenters. The second-order valence-electron chi connectivity index (χ2n) is 6.03. The Morgan fingerprint density at radius 1 is 1.05 bits per heavy atom. The molecule has 5 heteroatoms. The molecule has 1 aliphatic carbocycles. The van der Waals surface area contributed by atoms with Crippen molar-refractivity contribution >= 4 is 10.0 Å². The highest BCUT2D eigenvalue weighted by atomic mass is 32.2. The van der Waals surface area contributed by atoms with Crippen LogP contribution in [-0.2, 0) is 16.4 Å². The molecule has 1 saturated carbocycles. The summed E-state index contributed by atoms with van der Waals surface area (Å²) >= 11 is 0. The average Bonchev–Trinajstić information content (AvgIpc) is 2.75. The van der Waals surface area contributed by atoms with E-state index in [1.165, 1.54) is 12.8 Å². The van der Waals surface area contributed by atoms with Crippen LogP contribution in [0.1, 0.15) is 50.5 Å². The summed E-state index contributed by atoms with van der Waals surface area (Å²) in [5, 5.41) is 0. The van der Waals surface area contributed by atoms with Gasteiger partial charge in [-0.25, -0.2) is 13.1 Å². The third kappa shape index (κ3) is 3.58. The van der Waals surface area contributed by atoms with Gasteiger partial charge in [-0.3, -0.25) is 0 Å². The van der Waals surface area contributed by atoms with Crippen molar-refractivity contribution in [3.05, 3.63) is 23.8 Å². The Kier molecular flexibility index (Phi) is 4.50. The summed E-state index contributed by atoms with van der Waals surface area (Å²) in [4.78, 5) is 0.371. The van der Waals surface area contributed by atoms with Gasteiger partial charge in [0, 0.05) is 6.04 Å². The smallest absolute Gasteiger partial charge is 0.240 e. The molecule has 0 unspecified atom stereocenters. The molecular weight excluding hydrogens is 286 g/mol. The molecule has 1 N–H and O–H groups in total. The van der Waals surface area contributed by atoms with Gasteiger partial charge in [-0.2, -0.15) is 0 Å². The molecule has 0 aromatic heterocycles. The topological polar surface area (TPSA) is 55.4 Å². The summed E-state index contributed by atoms with van der Waals surface area (Å²) in [6.07, 6.45) is 8.41. The van der Waals surface area contributed by atoms with Gasteiger partial charge < -0.3 is 4.74 Å². The Bertz CT molecular complexity index is 590. The number of sulfonamides is 1. The molecule has 1 aromatic rings. The van der Waals surface area contributed by atoms with E-state index in [2.05, 4.69) is 4.72 Å². The number of benzene rings is 1. The first kappa shape index (κ1) is 14.9. The van der Waals surface area contributed by atoms with Gasteiger partial charge in [-0.15, -0.1) is 0 Å². The maximum absolute atomic E-state index is 12.5. The SMILES string of the molecule is O=S(=O)(NC1CCCCCC1)c1ccc2c(c1)CCCO2. The lowest BCUT2D eigenvalue weighted by Gasteiger charge is -2.20. The van der Waals surface area contributed by atoms with E-state index in [4.69, 9.17) is 4.74 Å². The predicted molar refractivity (Wildman–Crippen MR) is 82.1 cm³/mol. The molecule has 0 radical (unpaired) electrons. The molecule has 2 aliphatic rings. The summed E-state index contributed by atoms with van der Waals surface area (Å²) < 4.78 is 33.5. The van der Waals surface area contributed by atoms with E-state index in [-0.39, 0.29) is 6.04 Å². The van der Waals surface area contributed by atoms with E-state index in [1.54, 1.807) is 18.2 Å². The van der Waals surface area contributed by atoms with E-state index in [1.807, 2.05) is 0 Å². The number of nitrogens with one attached hydrogen (secondary N) is 1. The minimum Gasteiger partial charge on any atom is -0.493 e. The molecule has 0 saturated heterocycles. The van der Waals surface area contributed by atoms with E-state index >= 15 is 0 Å². The fourth-order valence-electron chi connectivity index (χ4n) is 3.19. The molecule has 1 fully saturated rings. The van der Waals surface area contributed by atoms with Gasteiger partial charge in [0.1, 0.15) is 5.75 Å². The summed E-state index contributed by atoms with van der Waals surface area (Å²) in [6, 6.07) is 5.30. The fourth-order valence-corrected chi connectivity index (χ4v) is 4.54. The van der Waals surface area contributed by atoms with Crippen LogP contribution in [-0.4, -0.2) is 21.1 Å². The zero-order valence-electron chi connectivity index (χ0n) is 12.3. The molecule has 116 valence electrons. The molecule has 0 amide bonds. The van der Waals surface area contributed by atoms with Gasteiger partial charge in [0.05, 0.1) is 11.5 Å². The number of rotatable bonds is 3. The fraction of sp³-hybridized carbons (Fsp3) is 0.625. The van der Waals surface area contributed by atoms with Gasteiger partial charge >= 0.3 is 0 Å². The molecule has 1 aromatic carbocycles. The van der Waals surface area contributed by atoms with Gasteiger partial charge in [0.15, 0.2) is 0 Å². The normalized spacial score (nSPS) is 20.4. The summed E-state index contributed by atoms with van der Waals surface area (Å²) in [5.41, 5.74) is 1.00. The van der Waals surface area contributed by atoms with Crippen LogP contribution in [0.15, 0.2) is 23.1 Å². The first-order valence-electron chi connectivity index (χ1n) is 7.93. The van der Waals surface area contributed by atoms with Gasteiger partial charge in [0.25, 0.3) is 0 Å². The Balaban J connectivity index is 1.77. The lowest BCUT2D eigenvalue weighted by Crippen LogP contribution is -2.34. The molecule has 0 spiro atoms. The number of fused-ring (bicyclic) bond motifs is 1. The Labute approximate surface area is 126 Å². The van der Waals surface area contributed by atoms with Crippen LogP contribution < -0.4 is 9.46 Å². The zero-order chi connectivity index (χ0) is 14.7. The number of aryl methyl sites for hydroxylation is 1. The standard InChI is InChI=1S/C16H23NO3S/c18-21(19,17-14-7-3-1-2-4-8-14)15-9-10-16-13(12-15)6-5-11-20-16/h9-10,12,14,17H,1-8,11H2. The first-order chi connectivity index (χ1) is 10.1. The van der Waals surface area contributed by atoms with Crippen molar-refractivity contribution in [3.63, 3.8) is 0 Å². The highest BCUT2D eigenvalue weighted by Crippen LogP contribution is 2.28. The van der Waals surface area contributed by atoms with E-state index in [9.17, 15) is 8.42 Å². The molecule has 21 heavy (non-hydrogen) atoms. The highest BCUT2D eigenvalue weighted by molar-refractivity contribution is 7.89. The van der Waals surface area contributed by atoms with Crippen LogP contribution in [0.3, 0.4) is 0 Å². The molecule has 1 heterocycles. The van der Waals surface area contributed by atoms with E-state index in [0.717, 1.165) is 56.4 Å². The monoisotopic (exact) mass is 309 g/mol. The van der Waals surface area contributed by atoms with Crippen LogP contribution in [0.4, 0.5) is 0 Å². The third-order valence-corrected chi connectivity index (χ3v) is 5.89. The molecule has 3 rings (SSSR count). The largest absolute Gasteiger partial charge is 0.493 e. The first-order valence-corrected chi connectivity index (χ1v) is 9.41. The quantitative estimate of drug-likeness (QED) is 0.873. The minimum absolute atomic E-state index is 0.0878. The Morgan fingerprint density at radius 2 is 1.81 bits per heavy atom. The Morgan fingerprint density at radius 3 is 2.57 bits per heavy atom. The lowest BCUT2D eigenvalue weighted by molar-refractivity contribution is 0.288. The second-order valence-corrected chi connectivity index (χ2v) is 7.75. The van der Waals surface area contributed by atoms with Crippen LogP contribution in [0.2, 0.25) is 0 Å². The van der Waals surface area contributed by atoms with Gasteiger partial charge in [0.2, 0.25) is 10.0 Å². The molecular formula is C16H23NO3S. The number of hydrogen-bond acceptors (Lipinski definition) is 3. The maximum Gasteiger partial charge on any atom is 0.240 e. The van der Waals surface area contributed by atoms with Crippen molar-refractivity contribution in [2.45, 2.75) is 62.3 Å². The van der Waals surface area contributed by atoms with Crippen LogP contribution in [0, 0.1) is 0 Å². The predicted octanol–water partition coefficient (Wildman–Crippen LogP) is 3.01. The highest BCUT2D eigenvalue weighted by Gasteiger charge is 2.22. The summed E-state index contributed by atoms with van der Waals surface area (Å²) in [5.74, 6) is 0.828. The minimum atomic E-state index is -3.42. The maximum atomic E-state index is 12.5. The van der Waals surface area contributed by atoms with Crippen molar-refractivity contribution < 1.29 is 13.2 Å². The lowest BCUT2D eigenvalue weighted by atomic mass is 10.1. The van der Waals surface area contributed by atoms with Crippen molar-refractivity contribution in [2.75, 3.05) is 6.61 Å². The van der Waals surface area contributed by atoms with Crippen LogP contribution >= 0.6 is 0 Å². The van der Waals surface area contributed by atoms with Crippen LogP contribution in [0.25, 0.3) is 0 Å². The van der Waals surface area contributed by atoms with E-state index < -0.39 is 10.0 Å². The molecule has 0 bridgehead atoms. The van der Waals surface area contributed by atoms with Crippen molar-refractivity contribution in [1.29, 1.82) is 0 Å². The van der Waals surface area contributed by atoms with Crippen molar-refractivity contribution in [3.8, 4) is 5.75 Å². The Hall–Kier alpha value is -1.07. The number of ether oxygens (including phenoxy) is 1. The summed E-state index contributed by atoms with van der Waals surface area (Å²) in [6.45, 7) is 0.722. The second kappa shape index (κ2) is 6.36. The summed E-state index contributed by atoms with van der Waals surface area (Å²) in [7, 11) is -3.42. The molecule has 4 nitrogen and oxygen atoms in total. The van der Waals surface area contributed by atoms with Crippen molar-refractivity contribution in [2.24, 2.45) is 0 Å².